The first-order valence-corrected chi connectivity index (χ1v) is 20.8. The van der Waals surface area contributed by atoms with E-state index >= 15 is 4.79 Å². The average molecular weight is 699 g/mol. The number of anilines is 1. The zero-order valence-electron chi connectivity index (χ0n) is 31.7. The van der Waals surface area contributed by atoms with E-state index in [1.54, 1.807) is 0 Å². The minimum Gasteiger partial charge on any atom is -0.444 e. The topological polar surface area (TPSA) is 96.6 Å². The van der Waals surface area contributed by atoms with Gasteiger partial charge in [0, 0.05) is 12.5 Å². The van der Waals surface area contributed by atoms with Gasteiger partial charge in [-0.2, -0.15) is 0 Å². The van der Waals surface area contributed by atoms with E-state index < -0.39 is 38.1 Å². The number of amides is 2. The molecule has 0 spiro atoms. The molecule has 0 saturated carbocycles. The quantitative estimate of drug-likeness (QED) is 0.128. The lowest BCUT2D eigenvalue weighted by molar-refractivity contribution is -0.123. The molecule has 50 heavy (non-hydrogen) atoms. The Kier molecular flexibility index (Phi) is 12.7. The van der Waals surface area contributed by atoms with Gasteiger partial charge in [-0.15, -0.1) is 0 Å². The molecule has 0 fully saturated rings. The number of nitrogens with zero attached hydrogens (tertiary/aromatic N) is 2. The van der Waals surface area contributed by atoms with Gasteiger partial charge in [0.15, 0.2) is 8.32 Å². The Morgan fingerprint density at radius 3 is 1.94 bits per heavy atom. The van der Waals surface area contributed by atoms with Crippen molar-refractivity contribution in [2.24, 2.45) is 11.8 Å². The smallest absolute Gasteiger partial charge is 0.407 e. The van der Waals surface area contributed by atoms with Crippen LogP contribution in [0.15, 0.2) is 84.9 Å². The van der Waals surface area contributed by atoms with E-state index in [2.05, 4.69) is 82.3 Å². The molecule has 4 rings (SSSR count). The van der Waals surface area contributed by atoms with Crippen LogP contribution >= 0.6 is 0 Å². The molecule has 0 unspecified atom stereocenters. The first-order chi connectivity index (χ1) is 23.4. The summed E-state index contributed by atoms with van der Waals surface area (Å²) in [5.41, 5.74) is 3.14. The number of aromatic nitrogens is 2. The highest BCUT2D eigenvalue weighted by Crippen LogP contribution is 2.39. The second-order valence-corrected chi connectivity index (χ2v) is 21.2. The van der Waals surface area contributed by atoms with Gasteiger partial charge >= 0.3 is 6.09 Å². The number of carbonyl (C=O) groups excluding carboxylic acids is 2. The number of ether oxygens (including phenoxy) is 1. The molecule has 3 atom stereocenters. The number of rotatable bonds is 14. The lowest BCUT2D eigenvalue weighted by Gasteiger charge is -2.43. The molecule has 0 bridgehead atoms. The number of aromatic amines is 1. The fraction of sp³-hybridized carbons (Fsp3) is 0.488. The SMILES string of the molecule is CC(C)CN(C(=O)[C@H](Cc1ccccc1)C[C@H](O[Si](C)(C)C(C)(C)C)[C@H](Cc1ccccc1)NC(=O)OC(C)(C)C)c1nc2ccccc2[nH]1. The van der Waals surface area contributed by atoms with Crippen molar-refractivity contribution in [3.63, 3.8) is 0 Å². The highest BCUT2D eigenvalue weighted by Gasteiger charge is 2.43. The Balaban J connectivity index is 1.82. The molecular formula is C41H58N4O4Si. The molecular weight excluding hydrogens is 641 g/mol. The van der Waals surface area contributed by atoms with E-state index in [0.29, 0.717) is 31.8 Å². The van der Waals surface area contributed by atoms with E-state index in [9.17, 15) is 4.79 Å². The van der Waals surface area contributed by atoms with E-state index in [1.807, 2.05) is 86.3 Å². The molecule has 9 heteroatoms. The maximum atomic E-state index is 15.1. The van der Waals surface area contributed by atoms with Crippen molar-refractivity contribution in [1.82, 2.24) is 15.3 Å². The highest BCUT2D eigenvalue weighted by molar-refractivity contribution is 6.74. The second-order valence-electron chi connectivity index (χ2n) is 16.4. The van der Waals surface area contributed by atoms with Crippen LogP contribution < -0.4 is 10.2 Å². The summed E-state index contributed by atoms with van der Waals surface area (Å²) >= 11 is 0. The number of fused-ring (bicyclic) bond motifs is 1. The molecule has 270 valence electrons. The number of H-pyrrole nitrogens is 1. The molecule has 4 aromatic rings. The standard InChI is InChI=1S/C41H58N4O4Si/c1-29(2)28-45(38-42-33-23-17-18-24-34(33)43-38)37(46)32(25-30-19-13-11-14-20-30)27-36(49-50(9,10)41(6,7)8)35(26-31-21-15-12-16-22-31)44-39(47)48-40(3,4)5/h11-24,29,32,35-36H,25-28H2,1-10H3,(H,42,43)(H,44,47)/t32-,35+,36+/m1/s1. The second kappa shape index (κ2) is 16.4. The highest BCUT2D eigenvalue weighted by atomic mass is 28.4. The maximum absolute atomic E-state index is 15.1. The number of imidazole rings is 1. The largest absolute Gasteiger partial charge is 0.444 e. The van der Waals surface area contributed by atoms with Crippen LogP contribution in [0.4, 0.5) is 10.7 Å². The van der Waals surface area contributed by atoms with Gasteiger partial charge < -0.3 is 19.5 Å². The van der Waals surface area contributed by atoms with Gasteiger partial charge in [0.05, 0.1) is 23.2 Å². The van der Waals surface area contributed by atoms with Crippen LogP contribution in [0.5, 0.6) is 0 Å². The van der Waals surface area contributed by atoms with Crippen molar-refractivity contribution in [2.45, 2.75) is 111 Å². The summed E-state index contributed by atoms with van der Waals surface area (Å²) in [6.45, 7) is 21.4. The summed E-state index contributed by atoms with van der Waals surface area (Å²) in [6, 6.07) is 27.6. The average Bonchev–Trinajstić information content (AvgIpc) is 3.46. The first-order valence-electron chi connectivity index (χ1n) is 17.9. The lowest BCUT2D eigenvalue weighted by Crippen LogP contribution is -2.54. The maximum Gasteiger partial charge on any atom is 0.407 e. The molecule has 2 amide bonds. The van der Waals surface area contributed by atoms with Gasteiger partial charge in [-0.3, -0.25) is 9.69 Å². The monoisotopic (exact) mass is 698 g/mol. The number of para-hydroxylation sites is 2. The van der Waals surface area contributed by atoms with Crippen molar-refractivity contribution in [3.8, 4) is 0 Å². The lowest BCUT2D eigenvalue weighted by atomic mass is 9.88. The third-order valence-electron chi connectivity index (χ3n) is 9.34. The third kappa shape index (κ3) is 11.0. The van der Waals surface area contributed by atoms with E-state index in [4.69, 9.17) is 14.1 Å². The predicted molar refractivity (Wildman–Crippen MR) is 207 cm³/mol. The van der Waals surface area contributed by atoms with Crippen LogP contribution in [0.1, 0.15) is 72.9 Å². The Morgan fingerprint density at radius 2 is 1.40 bits per heavy atom. The molecule has 0 radical (unpaired) electrons. The fourth-order valence-corrected chi connectivity index (χ4v) is 7.21. The van der Waals surface area contributed by atoms with Gasteiger partial charge in [-0.25, -0.2) is 9.78 Å². The minimum absolute atomic E-state index is 0.0267. The molecule has 0 aliphatic carbocycles. The molecule has 0 saturated heterocycles. The van der Waals surface area contributed by atoms with Crippen LogP contribution in [0.3, 0.4) is 0 Å². The number of hydrogen-bond acceptors (Lipinski definition) is 5. The van der Waals surface area contributed by atoms with Gasteiger partial charge in [-0.1, -0.05) is 107 Å². The van der Waals surface area contributed by atoms with Crippen molar-refractivity contribution in [2.75, 3.05) is 11.4 Å². The first kappa shape index (κ1) is 38.8. The molecule has 1 heterocycles. The van der Waals surface area contributed by atoms with Crippen LogP contribution in [0.25, 0.3) is 11.0 Å². The Bertz CT molecular complexity index is 1640. The summed E-state index contributed by atoms with van der Waals surface area (Å²) in [6.07, 6.45) is 0.429. The molecule has 0 aliphatic rings. The van der Waals surface area contributed by atoms with E-state index in [0.717, 1.165) is 22.2 Å². The number of alkyl carbamates (subject to hydrolysis) is 1. The molecule has 2 N–H and O–H groups in total. The van der Waals surface area contributed by atoms with Crippen LogP contribution in [0.2, 0.25) is 18.1 Å². The van der Waals surface area contributed by atoms with Crippen LogP contribution in [-0.4, -0.2) is 54.6 Å². The third-order valence-corrected chi connectivity index (χ3v) is 13.8. The predicted octanol–water partition coefficient (Wildman–Crippen LogP) is 9.33. The summed E-state index contributed by atoms with van der Waals surface area (Å²) in [5.74, 6) is 0.236. The van der Waals surface area contributed by atoms with Gasteiger partial charge in [0.2, 0.25) is 11.9 Å². The molecule has 1 aromatic heterocycles. The van der Waals surface area contributed by atoms with Crippen LogP contribution in [-0.2, 0) is 26.8 Å². The summed E-state index contributed by atoms with van der Waals surface area (Å²) in [5, 5.41) is 3.10. The van der Waals surface area contributed by atoms with Crippen molar-refractivity contribution in [1.29, 1.82) is 0 Å². The van der Waals surface area contributed by atoms with Crippen molar-refractivity contribution >= 4 is 37.3 Å². The number of hydrogen-bond donors (Lipinski definition) is 2. The zero-order chi connectivity index (χ0) is 36.7. The van der Waals surface area contributed by atoms with Crippen molar-refractivity contribution < 1.29 is 18.8 Å². The summed E-state index contributed by atoms with van der Waals surface area (Å²) in [4.78, 5) is 38.6. The van der Waals surface area contributed by atoms with Crippen molar-refractivity contribution in [3.05, 3.63) is 96.1 Å². The number of nitrogens with one attached hydrogen (secondary N) is 2. The number of carbonyl (C=O) groups is 2. The molecule has 3 aromatic carbocycles. The zero-order valence-corrected chi connectivity index (χ0v) is 32.7. The normalized spacial score (nSPS) is 14.3. The van der Waals surface area contributed by atoms with Gasteiger partial charge in [-0.05, 0) is 87.3 Å². The van der Waals surface area contributed by atoms with Crippen LogP contribution in [0, 0.1) is 11.8 Å². The Labute approximate surface area is 300 Å². The summed E-state index contributed by atoms with van der Waals surface area (Å²) in [7, 11) is -2.41. The molecule has 8 nitrogen and oxygen atoms in total. The number of benzene rings is 3. The van der Waals surface area contributed by atoms with Gasteiger partial charge in [0.25, 0.3) is 0 Å². The minimum atomic E-state index is -2.41. The summed E-state index contributed by atoms with van der Waals surface area (Å²) < 4.78 is 13.1. The molecule has 0 aliphatic heterocycles. The van der Waals surface area contributed by atoms with E-state index in [1.165, 1.54) is 0 Å². The van der Waals surface area contributed by atoms with E-state index in [-0.39, 0.29) is 16.9 Å². The van der Waals surface area contributed by atoms with Gasteiger partial charge in [0.1, 0.15) is 5.60 Å². The Morgan fingerprint density at radius 1 is 0.840 bits per heavy atom. The fourth-order valence-electron chi connectivity index (χ4n) is 5.84. The Hall–Kier alpha value is -3.95.